The Bertz CT molecular complexity index is 389. The minimum absolute atomic E-state index is 0.180. The summed E-state index contributed by atoms with van der Waals surface area (Å²) in [5.74, 6) is 0.848. The van der Waals surface area contributed by atoms with Gasteiger partial charge in [0.1, 0.15) is 6.61 Å². The number of ketones is 1. The first-order chi connectivity index (χ1) is 7.97. The van der Waals surface area contributed by atoms with Crippen LogP contribution in [-0.4, -0.2) is 18.0 Å². The first-order valence-corrected chi connectivity index (χ1v) is 6.19. The van der Waals surface area contributed by atoms with Crippen molar-refractivity contribution in [1.82, 2.24) is 0 Å². The van der Waals surface area contributed by atoms with Gasteiger partial charge in [-0.15, -0.1) is 0 Å². The molecule has 2 unspecified atom stereocenters. The average molecular weight is 232 g/mol. The summed E-state index contributed by atoms with van der Waals surface area (Å²) >= 11 is 0. The van der Waals surface area contributed by atoms with Crippen LogP contribution in [0.5, 0.6) is 0 Å². The van der Waals surface area contributed by atoms with Crippen LogP contribution in [0.2, 0.25) is 0 Å². The molecule has 1 aliphatic rings. The summed E-state index contributed by atoms with van der Waals surface area (Å²) in [5.41, 5.74) is 1.05. The number of hydrogen-bond donors (Lipinski definition) is 0. The normalized spacial score (nSPS) is 23.5. The van der Waals surface area contributed by atoms with Gasteiger partial charge in [0.15, 0.2) is 5.78 Å². The van der Waals surface area contributed by atoms with Crippen LogP contribution >= 0.6 is 0 Å². The van der Waals surface area contributed by atoms with Gasteiger partial charge >= 0.3 is 0 Å². The molecule has 2 rings (SSSR count). The van der Waals surface area contributed by atoms with Crippen LogP contribution in [0.25, 0.3) is 0 Å². The average Bonchev–Trinajstić information content (AvgIpc) is 3.06. The monoisotopic (exact) mass is 232 g/mol. The molecule has 17 heavy (non-hydrogen) atoms. The lowest BCUT2D eigenvalue weighted by Crippen LogP contribution is -2.24. The first kappa shape index (κ1) is 12.3. The van der Waals surface area contributed by atoms with Crippen LogP contribution in [0.3, 0.4) is 0 Å². The number of benzene rings is 1. The Hall–Kier alpha value is -1.15. The highest BCUT2D eigenvalue weighted by Gasteiger charge is 2.43. The van der Waals surface area contributed by atoms with Crippen molar-refractivity contribution >= 4 is 5.78 Å². The zero-order chi connectivity index (χ0) is 12.5. The molecular weight excluding hydrogens is 212 g/mol. The number of rotatable bonds is 4. The van der Waals surface area contributed by atoms with E-state index in [1.165, 1.54) is 5.56 Å². The number of carbonyl (C=O) groups excluding carboxylic acids is 1. The summed E-state index contributed by atoms with van der Waals surface area (Å²) in [5, 5.41) is 0. The molecule has 2 heteroatoms. The highest BCUT2D eigenvalue weighted by Crippen LogP contribution is 2.47. The van der Waals surface area contributed by atoms with Crippen LogP contribution in [0, 0.1) is 5.92 Å². The molecule has 2 atom stereocenters. The van der Waals surface area contributed by atoms with Gasteiger partial charge in [-0.3, -0.25) is 4.79 Å². The molecule has 0 N–H and O–H groups in total. The predicted molar refractivity (Wildman–Crippen MR) is 68.0 cm³/mol. The Morgan fingerprint density at radius 3 is 2.53 bits per heavy atom. The quantitative estimate of drug-likeness (QED) is 0.797. The van der Waals surface area contributed by atoms with Gasteiger partial charge in [0, 0.05) is 5.92 Å². The Balaban J connectivity index is 1.85. The summed E-state index contributed by atoms with van der Waals surface area (Å²) in [6.45, 7) is 6.17. The van der Waals surface area contributed by atoms with Crippen LogP contribution in [0.4, 0.5) is 0 Å². The number of hydrogen-bond acceptors (Lipinski definition) is 2. The first-order valence-electron chi connectivity index (χ1n) is 6.19. The zero-order valence-electron chi connectivity index (χ0n) is 10.8. The molecule has 0 radical (unpaired) electrons. The van der Waals surface area contributed by atoms with Gasteiger partial charge in [0.05, 0.1) is 5.60 Å². The molecule has 1 aromatic rings. The summed E-state index contributed by atoms with van der Waals surface area (Å²) < 4.78 is 5.53. The number of carbonyl (C=O) groups is 1. The second kappa shape index (κ2) is 4.61. The maximum Gasteiger partial charge on any atom is 0.162 e. The van der Waals surface area contributed by atoms with E-state index in [0.717, 1.165) is 6.42 Å². The molecule has 0 amide bonds. The van der Waals surface area contributed by atoms with Crippen LogP contribution in [0.1, 0.15) is 38.7 Å². The zero-order valence-corrected chi connectivity index (χ0v) is 10.8. The van der Waals surface area contributed by atoms with E-state index in [2.05, 4.69) is 12.1 Å². The van der Waals surface area contributed by atoms with Crippen molar-refractivity contribution < 1.29 is 9.53 Å². The lowest BCUT2D eigenvalue weighted by Gasteiger charge is -2.18. The molecule has 1 aromatic carbocycles. The van der Waals surface area contributed by atoms with Crippen molar-refractivity contribution in [3.63, 3.8) is 0 Å². The van der Waals surface area contributed by atoms with Crippen molar-refractivity contribution in [3.8, 4) is 0 Å². The third-order valence-electron chi connectivity index (χ3n) is 3.08. The van der Waals surface area contributed by atoms with Crippen molar-refractivity contribution in [1.29, 1.82) is 0 Å². The Morgan fingerprint density at radius 2 is 1.94 bits per heavy atom. The van der Waals surface area contributed by atoms with Gasteiger partial charge in [-0.25, -0.2) is 0 Å². The number of ether oxygens (including phenoxy) is 1. The molecule has 1 saturated carbocycles. The minimum atomic E-state index is -0.229. The fourth-order valence-electron chi connectivity index (χ4n) is 2.01. The van der Waals surface area contributed by atoms with E-state index >= 15 is 0 Å². The number of Topliss-reactive ketones (excluding diaryl/α,β-unsaturated/α-hetero) is 1. The minimum Gasteiger partial charge on any atom is -0.368 e. The largest absolute Gasteiger partial charge is 0.368 e. The Kier molecular flexibility index (Phi) is 3.34. The SMILES string of the molecule is CC(C)(C)OCC(=O)C1CC1c1ccccc1. The summed E-state index contributed by atoms with van der Waals surface area (Å²) in [4.78, 5) is 11.9. The molecule has 92 valence electrons. The molecule has 2 nitrogen and oxygen atoms in total. The van der Waals surface area contributed by atoms with Gasteiger partial charge in [0.2, 0.25) is 0 Å². The van der Waals surface area contributed by atoms with Gasteiger partial charge in [0.25, 0.3) is 0 Å². The maximum atomic E-state index is 11.9. The van der Waals surface area contributed by atoms with Gasteiger partial charge < -0.3 is 4.74 Å². The van der Waals surface area contributed by atoms with E-state index in [9.17, 15) is 4.79 Å². The molecule has 1 aliphatic carbocycles. The molecule has 0 aromatic heterocycles. The summed E-state index contributed by atoms with van der Waals surface area (Å²) in [6.07, 6.45) is 0.982. The van der Waals surface area contributed by atoms with E-state index in [-0.39, 0.29) is 23.9 Å². The Morgan fingerprint density at radius 1 is 1.29 bits per heavy atom. The molecule has 0 bridgehead atoms. The second-order valence-electron chi connectivity index (χ2n) is 5.73. The fourth-order valence-corrected chi connectivity index (χ4v) is 2.01. The standard InChI is InChI=1S/C15H20O2/c1-15(2,3)17-10-14(16)13-9-12(13)11-7-5-4-6-8-11/h4-8,12-13H,9-10H2,1-3H3. The van der Waals surface area contributed by atoms with Crippen LogP contribution in [0.15, 0.2) is 30.3 Å². The van der Waals surface area contributed by atoms with Crippen molar-refractivity contribution in [2.24, 2.45) is 5.92 Å². The van der Waals surface area contributed by atoms with E-state index in [1.807, 2.05) is 39.0 Å². The van der Waals surface area contributed by atoms with Crippen molar-refractivity contribution in [3.05, 3.63) is 35.9 Å². The van der Waals surface area contributed by atoms with Crippen LogP contribution in [-0.2, 0) is 9.53 Å². The van der Waals surface area contributed by atoms with Crippen LogP contribution < -0.4 is 0 Å². The van der Waals surface area contributed by atoms with E-state index in [1.54, 1.807) is 0 Å². The third kappa shape index (κ3) is 3.40. The van der Waals surface area contributed by atoms with E-state index in [4.69, 9.17) is 4.74 Å². The van der Waals surface area contributed by atoms with E-state index in [0.29, 0.717) is 5.92 Å². The molecule has 0 spiro atoms. The molecule has 0 aliphatic heterocycles. The van der Waals surface area contributed by atoms with Crippen molar-refractivity contribution in [2.75, 3.05) is 6.61 Å². The highest BCUT2D eigenvalue weighted by atomic mass is 16.5. The molecule has 1 fully saturated rings. The fraction of sp³-hybridized carbons (Fsp3) is 0.533. The van der Waals surface area contributed by atoms with Gasteiger partial charge in [-0.05, 0) is 38.7 Å². The van der Waals surface area contributed by atoms with E-state index < -0.39 is 0 Å². The molecule has 0 heterocycles. The predicted octanol–water partition coefficient (Wildman–Crippen LogP) is 3.17. The van der Waals surface area contributed by atoms with Gasteiger partial charge in [-0.2, -0.15) is 0 Å². The topological polar surface area (TPSA) is 26.3 Å². The highest BCUT2D eigenvalue weighted by molar-refractivity contribution is 5.86. The summed E-state index contributed by atoms with van der Waals surface area (Å²) in [6, 6.07) is 10.3. The van der Waals surface area contributed by atoms with Gasteiger partial charge in [-0.1, -0.05) is 30.3 Å². The maximum absolute atomic E-state index is 11.9. The Labute approximate surface area is 103 Å². The second-order valence-corrected chi connectivity index (χ2v) is 5.73. The lowest BCUT2D eigenvalue weighted by atomic mass is 10.1. The molecule has 0 saturated heterocycles. The van der Waals surface area contributed by atoms with Crippen molar-refractivity contribution in [2.45, 2.75) is 38.7 Å². The third-order valence-corrected chi connectivity index (χ3v) is 3.08. The smallest absolute Gasteiger partial charge is 0.162 e. The lowest BCUT2D eigenvalue weighted by molar-refractivity contribution is -0.129. The molecular formula is C15H20O2. The summed E-state index contributed by atoms with van der Waals surface area (Å²) in [7, 11) is 0.